The Bertz CT molecular complexity index is 612. The summed E-state index contributed by atoms with van der Waals surface area (Å²) in [5.41, 5.74) is 0. The van der Waals surface area contributed by atoms with Crippen LogP contribution in [0.15, 0.2) is 9.05 Å². The van der Waals surface area contributed by atoms with Crippen LogP contribution >= 0.6 is 0 Å². The fourth-order valence-electron chi connectivity index (χ4n) is 2.83. The summed E-state index contributed by atoms with van der Waals surface area (Å²) in [4.78, 5) is 11.2. The second-order valence-electron chi connectivity index (χ2n) is 5.73. The average Bonchev–Trinajstić information content (AvgIpc) is 3.22. The summed E-state index contributed by atoms with van der Waals surface area (Å²) in [5, 5.41) is 8.00. The number of aryl methyl sites for hydroxylation is 1. The van der Waals surface area contributed by atoms with Crippen molar-refractivity contribution in [3.63, 3.8) is 0 Å². The molecule has 0 amide bonds. The molecule has 2 aromatic rings. The number of ether oxygens (including phenoxy) is 1. The lowest BCUT2D eigenvalue weighted by Crippen LogP contribution is -2.33. The molecular formula is C15H23N5O3. The van der Waals surface area contributed by atoms with Gasteiger partial charge in [0.1, 0.15) is 0 Å². The van der Waals surface area contributed by atoms with Crippen LogP contribution in [-0.2, 0) is 24.1 Å². The monoisotopic (exact) mass is 321 g/mol. The first-order chi connectivity index (χ1) is 11.3. The number of methoxy groups -OCH3 is 1. The molecule has 0 aromatic carbocycles. The van der Waals surface area contributed by atoms with Crippen molar-refractivity contribution in [1.82, 2.24) is 25.2 Å². The van der Waals surface area contributed by atoms with Gasteiger partial charge in [0.2, 0.25) is 11.8 Å². The average molecular weight is 321 g/mol. The van der Waals surface area contributed by atoms with Crippen LogP contribution in [-0.4, -0.2) is 45.4 Å². The van der Waals surface area contributed by atoms with Crippen LogP contribution in [0.3, 0.4) is 0 Å². The molecule has 0 saturated carbocycles. The van der Waals surface area contributed by atoms with Crippen LogP contribution in [0.4, 0.5) is 0 Å². The number of aromatic nitrogens is 4. The van der Waals surface area contributed by atoms with Gasteiger partial charge in [-0.1, -0.05) is 23.7 Å². The number of nitrogens with zero attached hydrogens (tertiary/aromatic N) is 5. The van der Waals surface area contributed by atoms with E-state index in [2.05, 4.69) is 25.2 Å². The lowest BCUT2D eigenvalue weighted by Gasteiger charge is -2.31. The molecule has 1 aliphatic heterocycles. The van der Waals surface area contributed by atoms with E-state index in [0.29, 0.717) is 37.2 Å². The number of hydrogen-bond donors (Lipinski definition) is 0. The van der Waals surface area contributed by atoms with E-state index in [1.165, 1.54) is 0 Å². The highest BCUT2D eigenvalue weighted by Gasteiger charge is 2.29. The van der Waals surface area contributed by atoms with Gasteiger partial charge in [0.05, 0.1) is 19.2 Å². The highest BCUT2D eigenvalue weighted by molar-refractivity contribution is 4.97. The predicted octanol–water partition coefficient (Wildman–Crippen LogP) is 1.93. The van der Waals surface area contributed by atoms with Gasteiger partial charge in [-0.05, 0) is 19.4 Å². The summed E-state index contributed by atoms with van der Waals surface area (Å²) >= 11 is 0. The molecule has 0 aliphatic carbocycles. The Morgan fingerprint density at radius 3 is 2.83 bits per heavy atom. The SMILES string of the molecule is CCc1noc([C@H]2CCCCN2Cc2nc(CCOC)no2)n1. The second kappa shape index (κ2) is 7.65. The molecule has 1 saturated heterocycles. The first-order valence-electron chi connectivity index (χ1n) is 8.17. The van der Waals surface area contributed by atoms with Gasteiger partial charge in [-0.3, -0.25) is 4.90 Å². The Morgan fingerprint density at radius 1 is 1.17 bits per heavy atom. The summed E-state index contributed by atoms with van der Waals surface area (Å²) in [6.07, 6.45) is 4.76. The number of piperidine rings is 1. The Hall–Kier alpha value is -1.80. The van der Waals surface area contributed by atoms with E-state index in [4.69, 9.17) is 13.8 Å². The van der Waals surface area contributed by atoms with Crippen molar-refractivity contribution in [1.29, 1.82) is 0 Å². The molecule has 1 atom stereocenters. The van der Waals surface area contributed by atoms with Gasteiger partial charge in [-0.2, -0.15) is 9.97 Å². The highest BCUT2D eigenvalue weighted by Crippen LogP contribution is 2.31. The van der Waals surface area contributed by atoms with Crippen LogP contribution < -0.4 is 0 Å². The van der Waals surface area contributed by atoms with E-state index in [-0.39, 0.29) is 6.04 Å². The second-order valence-corrected chi connectivity index (χ2v) is 5.73. The summed E-state index contributed by atoms with van der Waals surface area (Å²) in [7, 11) is 1.66. The van der Waals surface area contributed by atoms with Gasteiger partial charge in [0.15, 0.2) is 11.6 Å². The van der Waals surface area contributed by atoms with E-state index in [1.807, 2.05) is 6.92 Å². The molecule has 23 heavy (non-hydrogen) atoms. The van der Waals surface area contributed by atoms with Gasteiger partial charge in [-0.25, -0.2) is 0 Å². The molecule has 0 unspecified atom stereocenters. The van der Waals surface area contributed by atoms with Crippen molar-refractivity contribution >= 4 is 0 Å². The highest BCUT2D eigenvalue weighted by atomic mass is 16.5. The predicted molar refractivity (Wildman–Crippen MR) is 80.6 cm³/mol. The van der Waals surface area contributed by atoms with Gasteiger partial charge in [-0.15, -0.1) is 0 Å². The molecule has 8 nitrogen and oxygen atoms in total. The third-order valence-electron chi connectivity index (χ3n) is 4.08. The van der Waals surface area contributed by atoms with E-state index in [0.717, 1.165) is 38.1 Å². The normalized spacial score (nSPS) is 19.3. The van der Waals surface area contributed by atoms with Gasteiger partial charge in [0.25, 0.3) is 0 Å². The zero-order valence-electron chi connectivity index (χ0n) is 13.7. The van der Waals surface area contributed by atoms with Crippen molar-refractivity contribution in [3.8, 4) is 0 Å². The summed E-state index contributed by atoms with van der Waals surface area (Å²) in [6, 6.07) is 0.130. The Labute approximate surface area is 135 Å². The summed E-state index contributed by atoms with van der Waals surface area (Å²) < 4.78 is 15.8. The van der Waals surface area contributed by atoms with Crippen molar-refractivity contribution in [2.75, 3.05) is 20.3 Å². The minimum atomic E-state index is 0.130. The molecular weight excluding hydrogens is 298 g/mol. The summed E-state index contributed by atoms with van der Waals surface area (Å²) in [5.74, 6) is 2.76. The first-order valence-corrected chi connectivity index (χ1v) is 8.17. The Morgan fingerprint density at radius 2 is 2.04 bits per heavy atom. The minimum Gasteiger partial charge on any atom is -0.384 e. The largest absolute Gasteiger partial charge is 0.384 e. The molecule has 0 radical (unpaired) electrons. The van der Waals surface area contributed by atoms with Crippen LogP contribution in [0.1, 0.15) is 55.7 Å². The van der Waals surface area contributed by atoms with Crippen LogP contribution in [0.2, 0.25) is 0 Å². The van der Waals surface area contributed by atoms with E-state index in [9.17, 15) is 0 Å². The third-order valence-corrected chi connectivity index (χ3v) is 4.08. The summed E-state index contributed by atoms with van der Waals surface area (Å²) in [6.45, 7) is 4.18. The van der Waals surface area contributed by atoms with E-state index >= 15 is 0 Å². The zero-order chi connectivity index (χ0) is 16.1. The fraction of sp³-hybridized carbons (Fsp3) is 0.733. The van der Waals surface area contributed by atoms with Gasteiger partial charge in [0, 0.05) is 20.0 Å². The fourth-order valence-corrected chi connectivity index (χ4v) is 2.83. The maximum atomic E-state index is 5.44. The maximum Gasteiger partial charge on any atom is 0.244 e. The molecule has 1 aliphatic rings. The number of likely N-dealkylation sites (tertiary alicyclic amines) is 1. The van der Waals surface area contributed by atoms with E-state index < -0.39 is 0 Å². The lowest BCUT2D eigenvalue weighted by atomic mass is 10.0. The molecule has 3 heterocycles. The van der Waals surface area contributed by atoms with Crippen LogP contribution in [0, 0.1) is 0 Å². The quantitative estimate of drug-likeness (QED) is 0.764. The molecule has 126 valence electrons. The molecule has 0 spiro atoms. The van der Waals surface area contributed by atoms with Crippen LogP contribution in [0.25, 0.3) is 0 Å². The van der Waals surface area contributed by atoms with Crippen LogP contribution in [0.5, 0.6) is 0 Å². The molecule has 1 fully saturated rings. The van der Waals surface area contributed by atoms with Gasteiger partial charge >= 0.3 is 0 Å². The molecule has 0 bridgehead atoms. The minimum absolute atomic E-state index is 0.130. The molecule has 0 N–H and O–H groups in total. The topological polar surface area (TPSA) is 90.3 Å². The van der Waals surface area contributed by atoms with E-state index in [1.54, 1.807) is 7.11 Å². The standard InChI is InChI=1S/C15H23N5O3/c1-3-12-17-15(23-18-12)11-6-4-5-8-20(11)10-14-16-13(19-22-14)7-9-21-2/h11H,3-10H2,1-2H3/t11-/m1/s1. The third kappa shape index (κ3) is 3.94. The lowest BCUT2D eigenvalue weighted by molar-refractivity contribution is 0.0985. The van der Waals surface area contributed by atoms with Crippen molar-refractivity contribution < 1.29 is 13.8 Å². The van der Waals surface area contributed by atoms with Crippen molar-refractivity contribution in [2.45, 2.75) is 51.6 Å². The Kier molecular flexibility index (Phi) is 5.35. The number of rotatable bonds is 7. The maximum absolute atomic E-state index is 5.44. The van der Waals surface area contributed by atoms with Crippen molar-refractivity contribution in [2.24, 2.45) is 0 Å². The van der Waals surface area contributed by atoms with Crippen molar-refractivity contribution in [3.05, 3.63) is 23.4 Å². The van der Waals surface area contributed by atoms with Gasteiger partial charge < -0.3 is 13.8 Å². The molecule has 8 heteroatoms. The number of hydrogen-bond acceptors (Lipinski definition) is 8. The zero-order valence-corrected chi connectivity index (χ0v) is 13.7. The first kappa shape index (κ1) is 16.1. The molecule has 2 aromatic heterocycles. The molecule has 3 rings (SSSR count). The smallest absolute Gasteiger partial charge is 0.244 e. The Balaban J connectivity index is 1.67.